The Balaban J connectivity index is 1.98. The first kappa shape index (κ1) is 13.1. The summed E-state index contributed by atoms with van der Waals surface area (Å²) in [5.74, 6) is 0. The Morgan fingerprint density at radius 2 is 2.00 bits per heavy atom. The van der Waals surface area contributed by atoms with Crippen LogP contribution < -0.4 is 11.1 Å². The Morgan fingerprint density at radius 1 is 1.33 bits per heavy atom. The molecular formula is C12H14Cl2N4. The lowest BCUT2D eigenvalue weighted by Crippen LogP contribution is -2.05. The van der Waals surface area contributed by atoms with E-state index in [2.05, 4.69) is 10.4 Å². The lowest BCUT2D eigenvalue weighted by molar-refractivity contribution is 0.767. The molecule has 1 heterocycles. The summed E-state index contributed by atoms with van der Waals surface area (Å²) >= 11 is 12.2. The van der Waals surface area contributed by atoms with Crippen molar-refractivity contribution in [3.05, 3.63) is 40.1 Å². The van der Waals surface area contributed by atoms with Crippen molar-refractivity contribution in [1.82, 2.24) is 9.78 Å². The summed E-state index contributed by atoms with van der Waals surface area (Å²) in [6.07, 6.45) is 4.67. The molecule has 0 fully saturated rings. The molecule has 0 atom stereocenters. The molecule has 0 saturated heterocycles. The van der Waals surface area contributed by atoms with Crippen LogP contribution in [0, 0.1) is 0 Å². The second-order valence-electron chi connectivity index (χ2n) is 4.06. The van der Waals surface area contributed by atoms with E-state index >= 15 is 0 Å². The predicted octanol–water partition coefficient (Wildman–Crippen LogP) is 2.96. The van der Waals surface area contributed by atoms with Gasteiger partial charge in [-0.25, -0.2) is 0 Å². The van der Waals surface area contributed by atoms with Gasteiger partial charge in [0.05, 0.1) is 21.9 Å². The highest BCUT2D eigenvalue weighted by Gasteiger charge is 2.06. The number of aromatic nitrogens is 2. The number of halogens is 2. The van der Waals surface area contributed by atoms with Gasteiger partial charge in [0.25, 0.3) is 0 Å². The van der Waals surface area contributed by atoms with Gasteiger partial charge in [0, 0.05) is 25.5 Å². The van der Waals surface area contributed by atoms with Gasteiger partial charge in [-0.2, -0.15) is 5.10 Å². The quantitative estimate of drug-likeness (QED) is 0.849. The van der Waals surface area contributed by atoms with E-state index in [1.165, 1.54) is 0 Å². The van der Waals surface area contributed by atoms with Gasteiger partial charge in [0.15, 0.2) is 0 Å². The minimum atomic E-state index is 0.534. The number of hydrogen-bond acceptors (Lipinski definition) is 3. The molecule has 4 nitrogen and oxygen atoms in total. The van der Waals surface area contributed by atoms with E-state index in [9.17, 15) is 0 Å². The van der Waals surface area contributed by atoms with Crippen LogP contribution in [-0.4, -0.2) is 16.3 Å². The number of nitrogens with one attached hydrogen (secondary N) is 1. The lowest BCUT2D eigenvalue weighted by Gasteiger charge is -2.10. The van der Waals surface area contributed by atoms with Crippen LogP contribution in [-0.2, 0) is 13.5 Å². The molecular weight excluding hydrogens is 271 g/mol. The average molecular weight is 285 g/mol. The van der Waals surface area contributed by atoms with E-state index in [1.807, 2.05) is 19.4 Å². The van der Waals surface area contributed by atoms with Crippen molar-refractivity contribution in [2.75, 3.05) is 17.6 Å². The maximum absolute atomic E-state index is 6.08. The summed E-state index contributed by atoms with van der Waals surface area (Å²) in [4.78, 5) is 0. The van der Waals surface area contributed by atoms with Gasteiger partial charge in [-0.1, -0.05) is 23.2 Å². The van der Waals surface area contributed by atoms with Gasteiger partial charge in [-0.3, -0.25) is 4.68 Å². The SMILES string of the molecule is Cn1cc(CCNc2c(Cl)cc(N)cc2Cl)cn1. The zero-order valence-electron chi connectivity index (χ0n) is 9.95. The maximum Gasteiger partial charge on any atom is 0.0720 e. The number of benzene rings is 1. The minimum Gasteiger partial charge on any atom is -0.399 e. The second kappa shape index (κ2) is 5.50. The van der Waals surface area contributed by atoms with E-state index in [-0.39, 0.29) is 0 Å². The van der Waals surface area contributed by atoms with Crippen LogP contribution in [0.1, 0.15) is 5.56 Å². The van der Waals surface area contributed by atoms with Crippen molar-refractivity contribution in [3.63, 3.8) is 0 Å². The van der Waals surface area contributed by atoms with E-state index in [0.29, 0.717) is 15.7 Å². The number of hydrogen-bond donors (Lipinski definition) is 2. The van der Waals surface area contributed by atoms with Crippen molar-refractivity contribution in [2.45, 2.75) is 6.42 Å². The van der Waals surface area contributed by atoms with E-state index in [1.54, 1.807) is 16.8 Å². The van der Waals surface area contributed by atoms with E-state index in [0.717, 1.165) is 24.2 Å². The van der Waals surface area contributed by atoms with Crippen molar-refractivity contribution in [1.29, 1.82) is 0 Å². The van der Waals surface area contributed by atoms with Gasteiger partial charge >= 0.3 is 0 Å². The first-order chi connectivity index (χ1) is 8.56. The number of aryl methyl sites for hydroxylation is 1. The van der Waals surface area contributed by atoms with E-state index < -0.39 is 0 Å². The van der Waals surface area contributed by atoms with Gasteiger partial charge in [-0.05, 0) is 24.1 Å². The fourth-order valence-electron chi connectivity index (χ4n) is 1.69. The molecule has 0 amide bonds. The molecule has 1 aromatic heterocycles. The molecule has 0 aliphatic carbocycles. The Labute approximate surface area is 116 Å². The third kappa shape index (κ3) is 3.09. The molecule has 0 aliphatic heterocycles. The van der Waals surface area contributed by atoms with Crippen LogP contribution in [0.25, 0.3) is 0 Å². The summed E-state index contributed by atoms with van der Waals surface area (Å²) in [6.45, 7) is 0.731. The topological polar surface area (TPSA) is 55.9 Å². The maximum atomic E-state index is 6.08. The zero-order valence-corrected chi connectivity index (χ0v) is 11.5. The Bertz CT molecular complexity index is 528. The van der Waals surface area contributed by atoms with Crippen LogP contribution in [0.4, 0.5) is 11.4 Å². The van der Waals surface area contributed by atoms with Gasteiger partial charge in [0.2, 0.25) is 0 Å². The first-order valence-electron chi connectivity index (χ1n) is 5.52. The molecule has 2 rings (SSSR count). The van der Waals surface area contributed by atoms with Gasteiger partial charge in [0.1, 0.15) is 0 Å². The van der Waals surface area contributed by atoms with Crippen LogP contribution in [0.15, 0.2) is 24.5 Å². The Morgan fingerprint density at radius 3 is 2.56 bits per heavy atom. The van der Waals surface area contributed by atoms with Crippen LogP contribution in [0.2, 0.25) is 10.0 Å². The van der Waals surface area contributed by atoms with Crippen LogP contribution in [0.5, 0.6) is 0 Å². The molecule has 0 bridgehead atoms. The predicted molar refractivity (Wildman–Crippen MR) is 76.3 cm³/mol. The van der Waals surface area contributed by atoms with Crippen molar-refractivity contribution in [2.24, 2.45) is 7.05 Å². The molecule has 6 heteroatoms. The molecule has 3 N–H and O–H groups in total. The fourth-order valence-corrected chi connectivity index (χ4v) is 2.33. The first-order valence-corrected chi connectivity index (χ1v) is 6.28. The third-order valence-electron chi connectivity index (χ3n) is 2.54. The summed E-state index contributed by atoms with van der Waals surface area (Å²) < 4.78 is 1.78. The molecule has 0 aliphatic rings. The number of nitrogens with zero attached hydrogens (tertiary/aromatic N) is 2. The van der Waals surface area contributed by atoms with Crippen molar-refractivity contribution in [3.8, 4) is 0 Å². The van der Waals surface area contributed by atoms with Gasteiger partial charge < -0.3 is 11.1 Å². The fraction of sp³-hybridized carbons (Fsp3) is 0.250. The molecule has 0 radical (unpaired) electrons. The second-order valence-corrected chi connectivity index (χ2v) is 4.87. The van der Waals surface area contributed by atoms with Crippen LogP contribution in [0.3, 0.4) is 0 Å². The van der Waals surface area contributed by atoms with Crippen LogP contribution >= 0.6 is 23.2 Å². The smallest absolute Gasteiger partial charge is 0.0720 e. The van der Waals surface area contributed by atoms with Crippen molar-refractivity contribution >= 4 is 34.6 Å². The largest absolute Gasteiger partial charge is 0.399 e. The number of nitrogen functional groups attached to an aromatic ring is 1. The van der Waals surface area contributed by atoms with E-state index in [4.69, 9.17) is 28.9 Å². The summed E-state index contributed by atoms with van der Waals surface area (Å²) in [6, 6.07) is 3.36. The third-order valence-corrected chi connectivity index (χ3v) is 3.13. The van der Waals surface area contributed by atoms with Gasteiger partial charge in [-0.15, -0.1) is 0 Å². The Kier molecular flexibility index (Phi) is 3.99. The molecule has 0 saturated carbocycles. The minimum absolute atomic E-state index is 0.534. The summed E-state index contributed by atoms with van der Waals surface area (Å²) in [5.41, 5.74) is 8.08. The summed E-state index contributed by atoms with van der Waals surface area (Å²) in [5, 5.41) is 8.39. The highest BCUT2D eigenvalue weighted by atomic mass is 35.5. The summed E-state index contributed by atoms with van der Waals surface area (Å²) in [7, 11) is 1.89. The highest BCUT2D eigenvalue weighted by Crippen LogP contribution is 2.32. The lowest BCUT2D eigenvalue weighted by atomic mass is 10.2. The molecule has 1 aromatic carbocycles. The number of nitrogens with two attached hydrogens (primary N) is 1. The Hall–Kier alpha value is -1.39. The standard InChI is InChI=1S/C12H14Cl2N4/c1-18-7-8(6-17-18)2-3-16-12-10(13)4-9(15)5-11(12)14/h4-7,16H,2-3,15H2,1H3. The van der Waals surface area contributed by atoms with Crippen molar-refractivity contribution < 1.29 is 0 Å². The monoisotopic (exact) mass is 284 g/mol. The number of rotatable bonds is 4. The average Bonchev–Trinajstić information content (AvgIpc) is 2.68. The highest BCUT2D eigenvalue weighted by molar-refractivity contribution is 6.39. The molecule has 18 heavy (non-hydrogen) atoms. The number of anilines is 2. The normalized spacial score (nSPS) is 10.6. The molecule has 0 unspecified atom stereocenters. The molecule has 2 aromatic rings. The molecule has 96 valence electrons. The zero-order chi connectivity index (χ0) is 13.1. The molecule has 0 spiro atoms.